The highest BCUT2D eigenvalue weighted by Gasteiger charge is 2.31. The molecule has 0 aliphatic carbocycles. The van der Waals surface area contributed by atoms with Crippen molar-refractivity contribution in [2.45, 2.75) is 72.3 Å². The third-order valence-corrected chi connectivity index (χ3v) is 5.10. The van der Waals surface area contributed by atoms with Crippen LogP contribution < -0.4 is 22.7 Å². The predicted octanol–water partition coefficient (Wildman–Crippen LogP) is -0.0275. The number of likely N-dealkylation sites (tertiary alicyclic amines) is 1. The molecule has 1 aromatic rings. The molecule has 2 atom stereocenters. The number of rotatable bonds is 6. The van der Waals surface area contributed by atoms with Crippen molar-refractivity contribution in [1.82, 2.24) is 14.0 Å². The van der Waals surface area contributed by atoms with Crippen molar-refractivity contribution in [3.63, 3.8) is 0 Å². The maximum atomic E-state index is 13.0. The van der Waals surface area contributed by atoms with E-state index in [0.29, 0.717) is 13.0 Å². The monoisotopic (exact) mass is 395 g/mol. The lowest BCUT2D eigenvalue weighted by Gasteiger charge is -2.36. The minimum Gasteiger partial charge on any atom is -0.384 e. The minimum absolute atomic E-state index is 0.0736. The number of carbonyl (C=O) groups excluding carboxylic acids is 1. The highest BCUT2D eigenvalue weighted by Crippen LogP contribution is 2.21. The molecular weight excluding hydrogens is 362 g/mol. The number of carbonyl (C=O) groups is 1. The van der Waals surface area contributed by atoms with Crippen LogP contribution in [0.5, 0.6) is 0 Å². The Morgan fingerprint density at radius 2 is 1.89 bits per heavy atom. The van der Waals surface area contributed by atoms with Gasteiger partial charge in [-0.15, -0.1) is 0 Å². The summed E-state index contributed by atoms with van der Waals surface area (Å²) >= 11 is 0. The number of hydrogen-bond donors (Lipinski definition) is 3. The number of anilines is 1. The lowest BCUT2D eigenvalue weighted by Crippen LogP contribution is -2.53. The maximum absolute atomic E-state index is 13.0. The molecule has 9 heteroatoms. The molecular formula is C19H33N5O4. The molecule has 28 heavy (non-hydrogen) atoms. The summed E-state index contributed by atoms with van der Waals surface area (Å²) in [5.41, 5.74) is 10.2. The van der Waals surface area contributed by atoms with Gasteiger partial charge in [0.2, 0.25) is 0 Å². The molecule has 5 N–H and O–H groups in total. The fourth-order valence-corrected chi connectivity index (χ4v) is 3.75. The summed E-state index contributed by atoms with van der Waals surface area (Å²) in [5, 5.41) is 9.82. The van der Waals surface area contributed by atoms with Crippen LogP contribution in [0.2, 0.25) is 0 Å². The molecule has 0 bridgehead atoms. The molecule has 1 saturated heterocycles. The summed E-state index contributed by atoms with van der Waals surface area (Å²) in [7, 11) is 0. The molecule has 1 aliphatic heterocycles. The van der Waals surface area contributed by atoms with E-state index in [0.717, 1.165) is 17.4 Å². The first-order valence-corrected chi connectivity index (χ1v) is 9.82. The van der Waals surface area contributed by atoms with E-state index < -0.39 is 23.3 Å². The van der Waals surface area contributed by atoms with Gasteiger partial charge in [0.25, 0.3) is 5.56 Å². The standard InChI is InChI=1S/C19H33N5O4/c1-5-23-17(27)14(15(20)24(18(23)28)11-19(2,3)4)13(25)10-22-9-7-6-8-12(22)16(21)26/h12,16,26H,5-11,20-21H2,1-4H3/t12-,16?/m1/s1. The average Bonchev–Trinajstić information content (AvgIpc) is 2.58. The minimum atomic E-state index is -1.06. The predicted molar refractivity (Wildman–Crippen MR) is 108 cm³/mol. The molecule has 158 valence electrons. The van der Waals surface area contributed by atoms with Crippen molar-refractivity contribution < 1.29 is 9.90 Å². The lowest BCUT2D eigenvalue weighted by molar-refractivity contribution is 0.0298. The van der Waals surface area contributed by atoms with Gasteiger partial charge in [-0.05, 0) is 31.7 Å². The number of aliphatic hydroxyl groups is 1. The Hall–Kier alpha value is -1.97. The summed E-state index contributed by atoms with van der Waals surface area (Å²) in [6, 6.07) is -0.340. The van der Waals surface area contributed by atoms with Crippen LogP contribution >= 0.6 is 0 Å². The first kappa shape index (κ1) is 22.3. The normalized spacial score (nSPS) is 19.6. The molecule has 1 fully saturated rings. The zero-order valence-corrected chi connectivity index (χ0v) is 17.3. The van der Waals surface area contributed by atoms with Gasteiger partial charge >= 0.3 is 5.69 Å². The fourth-order valence-electron chi connectivity index (χ4n) is 3.75. The Labute approximate surface area is 164 Å². The maximum Gasteiger partial charge on any atom is 0.332 e. The number of aromatic nitrogens is 2. The van der Waals surface area contributed by atoms with Crippen molar-refractivity contribution in [2.24, 2.45) is 11.1 Å². The summed E-state index contributed by atoms with van der Waals surface area (Å²) in [6.45, 7) is 8.49. The SMILES string of the molecule is CCn1c(=O)c(C(=O)CN2CCCC[C@@H]2C(N)O)c(N)n(CC(C)(C)C)c1=O. The molecule has 0 aromatic carbocycles. The van der Waals surface area contributed by atoms with E-state index in [-0.39, 0.29) is 42.5 Å². The van der Waals surface area contributed by atoms with Crippen molar-refractivity contribution in [3.05, 3.63) is 26.4 Å². The van der Waals surface area contributed by atoms with Gasteiger partial charge in [0.1, 0.15) is 17.6 Å². The smallest absolute Gasteiger partial charge is 0.332 e. The van der Waals surface area contributed by atoms with Crippen LogP contribution in [0.4, 0.5) is 5.82 Å². The molecule has 2 heterocycles. The number of ketones is 1. The Morgan fingerprint density at radius 1 is 1.25 bits per heavy atom. The number of nitrogens with two attached hydrogens (primary N) is 2. The van der Waals surface area contributed by atoms with Gasteiger partial charge in [-0.25, -0.2) is 4.79 Å². The van der Waals surface area contributed by atoms with Crippen molar-refractivity contribution in [1.29, 1.82) is 0 Å². The Morgan fingerprint density at radius 3 is 2.43 bits per heavy atom. The van der Waals surface area contributed by atoms with E-state index in [2.05, 4.69) is 0 Å². The lowest BCUT2D eigenvalue weighted by atomic mass is 9.96. The number of aliphatic hydroxyl groups excluding tert-OH is 1. The van der Waals surface area contributed by atoms with Crippen LogP contribution in [0.1, 0.15) is 57.3 Å². The zero-order valence-electron chi connectivity index (χ0n) is 17.3. The largest absolute Gasteiger partial charge is 0.384 e. The van der Waals surface area contributed by atoms with Gasteiger partial charge in [-0.3, -0.25) is 23.6 Å². The fraction of sp³-hybridized carbons (Fsp3) is 0.737. The molecule has 0 radical (unpaired) electrons. The number of hydrogen-bond acceptors (Lipinski definition) is 7. The van der Waals surface area contributed by atoms with Crippen LogP contribution in [0.25, 0.3) is 0 Å². The van der Waals surface area contributed by atoms with Crippen molar-refractivity contribution in [2.75, 3.05) is 18.8 Å². The summed E-state index contributed by atoms with van der Waals surface area (Å²) in [4.78, 5) is 40.4. The third-order valence-electron chi connectivity index (χ3n) is 5.10. The van der Waals surface area contributed by atoms with Crippen LogP contribution in [-0.4, -0.2) is 50.3 Å². The second-order valence-corrected chi connectivity index (χ2v) is 8.69. The first-order chi connectivity index (χ1) is 13.0. The van der Waals surface area contributed by atoms with Crippen LogP contribution in [-0.2, 0) is 13.1 Å². The Kier molecular flexibility index (Phi) is 6.84. The van der Waals surface area contributed by atoms with Crippen molar-refractivity contribution >= 4 is 11.6 Å². The quantitative estimate of drug-likeness (QED) is 0.454. The third kappa shape index (κ3) is 4.71. The van der Waals surface area contributed by atoms with E-state index in [1.807, 2.05) is 20.8 Å². The molecule has 9 nitrogen and oxygen atoms in total. The van der Waals surface area contributed by atoms with E-state index in [1.165, 1.54) is 4.57 Å². The molecule has 1 unspecified atom stereocenters. The molecule has 0 saturated carbocycles. The molecule has 2 rings (SSSR count). The second kappa shape index (κ2) is 8.59. The summed E-state index contributed by atoms with van der Waals surface area (Å²) in [5.74, 6) is -0.554. The highest BCUT2D eigenvalue weighted by molar-refractivity contribution is 6.01. The highest BCUT2D eigenvalue weighted by atomic mass is 16.3. The van der Waals surface area contributed by atoms with Gasteiger partial charge < -0.3 is 16.6 Å². The molecule has 0 amide bonds. The van der Waals surface area contributed by atoms with E-state index in [9.17, 15) is 19.5 Å². The number of nitrogens with zero attached hydrogens (tertiary/aromatic N) is 3. The van der Waals surface area contributed by atoms with Gasteiger partial charge in [-0.2, -0.15) is 0 Å². The summed E-state index contributed by atoms with van der Waals surface area (Å²) in [6.07, 6.45) is 1.43. The van der Waals surface area contributed by atoms with E-state index in [4.69, 9.17) is 11.5 Å². The topological polar surface area (TPSA) is 137 Å². The average molecular weight is 396 g/mol. The molecule has 1 aromatic heterocycles. The second-order valence-electron chi connectivity index (χ2n) is 8.69. The number of piperidine rings is 1. The zero-order chi connectivity index (χ0) is 21.2. The Balaban J connectivity index is 2.49. The first-order valence-electron chi connectivity index (χ1n) is 9.82. The molecule has 1 aliphatic rings. The van der Waals surface area contributed by atoms with Gasteiger partial charge in [0, 0.05) is 19.1 Å². The summed E-state index contributed by atoms with van der Waals surface area (Å²) < 4.78 is 2.35. The van der Waals surface area contributed by atoms with Gasteiger partial charge in [0.05, 0.1) is 6.54 Å². The van der Waals surface area contributed by atoms with E-state index in [1.54, 1.807) is 11.8 Å². The van der Waals surface area contributed by atoms with Crippen LogP contribution in [0.3, 0.4) is 0 Å². The number of nitrogen functional groups attached to an aromatic ring is 1. The number of Topliss-reactive ketones (excluding diaryl/α,β-unsaturated/α-hetero) is 1. The molecule has 0 spiro atoms. The van der Waals surface area contributed by atoms with Crippen LogP contribution in [0, 0.1) is 5.41 Å². The van der Waals surface area contributed by atoms with Gasteiger partial charge in [0.15, 0.2) is 5.78 Å². The Bertz CT molecular complexity index is 834. The van der Waals surface area contributed by atoms with Crippen LogP contribution in [0.15, 0.2) is 9.59 Å². The van der Waals surface area contributed by atoms with E-state index >= 15 is 0 Å². The van der Waals surface area contributed by atoms with Gasteiger partial charge in [-0.1, -0.05) is 27.2 Å². The van der Waals surface area contributed by atoms with Crippen molar-refractivity contribution in [3.8, 4) is 0 Å².